The zero-order chi connectivity index (χ0) is 49.2. The van der Waals surface area contributed by atoms with Gasteiger partial charge >= 0.3 is 0 Å². The molecule has 1 spiro atoms. The molecule has 0 saturated carbocycles. The van der Waals surface area contributed by atoms with Crippen molar-refractivity contribution in [1.82, 2.24) is 9.55 Å². The number of rotatable bonds is 7. The molecule has 3 aliphatic heterocycles. The third-order valence-electron chi connectivity index (χ3n) is 15.7. The molecule has 3 aliphatic rings. The standard InChI is InChI=1S/C66H51N4OSi2.Pt/c1-66(2,3)46-37-38-67-62(39-46)70-54-31-20-36-60-63(54)64-55(70)41-49(42-61(64)73(60)58-34-16-14-32-56(58)72(4,5)57-33-15-17-35-59(57)73)71-48-26-18-25-47(40-48)68-43-69(53-30-13-12-29-52(53)68)65-50(44-21-8-6-9-22-44)27-19-28-51(65)45-23-10-7-11-24-45;/h6-39,42-43H,1-5H3;/q-3;. The van der Waals surface area contributed by atoms with Crippen LogP contribution in [-0.4, -0.2) is 25.7 Å². The van der Waals surface area contributed by atoms with E-state index in [2.05, 4.69) is 267 Å². The van der Waals surface area contributed by atoms with Gasteiger partial charge in [0.1, 0.15) is 13.9 Å². The van der Waals surface area contributed by atoms with Crippen molar-refractivity contribution in [3.8, 4) is 39.6 Å². The van der Waals surface area contributed by atoms with Gasteiger partial charge in [-0.2, -0.15) is 6.07 Å². The molecule has 0 N–H and O–H groups in total. The Bertz CT molecular complexity index is 3920. The van der Waals surface area contributed by atoms with Gasteiger partial charge in [-0.25, -0.2) is 4.98 Å². The van der Waals surface area contributed by atoms with Crippen LogP contribution < -0.4 is 45.7 Å². The van der Waals surface area contributed by atoms with Gasteiger partial charge in [0.05, 0.1) is 0 Å². The quantitative estimate of drug-likeness (QED) is 0.118. The molecule has 0 bridgehead atoms. The maximum atomic E-state index is 7.22. The summed E-state index contributed by atoms with van der Waals surface area (Å²) in [6.07, 6.45) is 1.96. The van der Waals surface area contributed by atoms with E-state index in [-0.39, 0.29) is 26.5 Å². The van der Waals surface area contributed by atoms with Crippen molar-refractivity contribution in [2.24, 2.45) is 0 Å². The molecule has 362 valence electrons. The average molecular weight is 1170 g/mol. The van der Waals surface area contributed by atoms with Gasteiger partial charge in [-0.1, -0.05) is 201 Å². The minimum absolute atomic E-state index is 0. The Kier molecular flexibility index (Phi) is 10.8. The third-order valence-corrected chi connectivity index (χ3v) is 24.7. The van der Waals surface area contributed by atoms with Crippen LogP contribution in [0.2, 0.25) is 13.1 Å². The van der Waals surface area contributed by atoms with Crippen LogP contribution in [0.1, 0.15) is 26.3 Å². The maximum absolute atomic E-state index is 7.22. The molecule has 5 heterocycles. The van der Waals surface area contributed by atoms with Crippen molar-refractivity contribution in [1.29, 1.82) is 0 Å². The monoisotopic (exact) mass is 1170 g/mol. The summed E-state index contributed by atoms with van der Waals surface area (Å²) in [6, 6.07) is 83.0. The molecule has 9 aromatic carbocycles. The predicted molar refractivity (Wildman–Crippen MR) is 308 cm³/mol. The van der Waals surface area contributed by atoms with Gasteiger partial charge in [0.25, 0.3) is 0 Å². The number of hydrogen-bond donors (Lipinski definition) is 0. The molecule has 74 heavy (non-hydrogen) atoms. The molecule has 0 saturated heterocycles. The van der Waals surface area contributed by atoms with E-state index in [1.54, 1.807) is 0 Å². The average Bonchev–Trinajstić information content (AvgIpc) is 4.13. The van der Waals surface area contributed by atoms with Gasteiger partial charge in [0.15, 0.2) is 8.07 Å². The fraction of sp³-hybridized carbons (Fsp3) is 0.0909. The first-order valence-electron chi connectivity index (χ1n) is 25.3. The van der Waals surface area contributed by atoms with Crippen LogP contribution in [-0.2, 0) is 26.5 Å². The molecule has 11 aromatic rings. The van der Waals surface area contributed by atoms with E-state index < -0.39 is 16.1 Å². The van der Waals surface area contributed by atoms with Crippen molar-refractivity contribution in [3.05, 3.63) is 237 Å². The molecular weight excluding hydrogens is 1120 g/mol. The SMILES string of the molecule is CC(C)(C)c1ccnc(-n2c3[c-]c(Oc4[c-]c(N5[CH-]N(c6c(-c7ccccc7)cccc6-c6ccccc6)c6ccccc65)ccc4)cc4c3c3c(cccc32)[Si]42c3ccccc3[Si](C)(C)c3ccccc32)c1.[Pt]. The Hall–Kier alpha value is -7.55. The summed E-state index contributed by atoms with van der Waals surface area (Å²) in [5, 5.41) is 11.4. The Balaban J connectivity index is 0.00000528. The van der Waals surface area contributed by atoms with Gasteiger partial charge in [0, 0.05) is 72.5 Å². The minimum Gasteiger partial charge on any atom is -0.509 e. The van der Waals surface area contributed by atoms with Gasteiger partial charge in [-0.15, -0.1) is 53.3 Å². The largest absolute Gasteiger partial charge is 0.509 e. The summed E-state index contributed by atoms with van der Waals surface area (Å²) in [5.41, 5.74) is 12.0. The van der Waals surface area contributed by atoms with Crippen molar-refractivity contribution in [2.45, 2.75) is 39.3 Å². The Morgan fingerprint density at radius 2 is 1.08 bits per heavy atom. The normalized spacial score (nSPS) is 14.6. The Labute approximate surface area is 449 Å². The van der Waals surface area contributed by atoms with E-state index in [9.17, 15) is 0 Å². The number of pyridine rings is 1. The summed E-state index contributed by atoms with van der Waals surface area (Å²) < 4.78 is 9.55. The topological polar surface area (TPSA) is 33.5 Å². The second kappa shape index (κ2) is 17.3. The molecular formula is C66H51N4OPtSi2-3. The molecule has 5 nitrogen and oxygen atoms in total. The first-order valence-corrected chi connectivity index (χ1v) is 30.3. The van der Waals surface area contributed by atoms with Crippen molar-refractivity contribution in [2.75, 3.05) is 9.80 Å². The molecule has 0 fully saturated rings. The number of anilines is 4. The summed E-state index contributed by atoms with van der Waals surface area (Å²) in [6.45, 7) is 14.1. The number of aromatic nitrogens is 2. The summed E-state index contributed by atoms with van der Waals surface area (Å²) >= 11 is 0. The van der Waals surface area contributed by atoms with E-state index in [1.165, 1.54) is 47.5 Å². The summed E-state index contributed by atoms with van der Waals surface area (Å²) in [4.78, 5) is 9.68. The summed E-state index contributed by atoms with van der Waals surface area (Å²) in [5.74, 6) is 2.15. The molecule has 0 aliphatic carbocycles. The van der Waals surface area contributed by atoms with Crippen LogP contribution in [0, 0.1) is 18.8 Å². The number of ether oxygens (including phenoxy) is 1. The van der Waals surface area contributed by atoms with Crippen molar-refractivity contribution >= 4 is 91.8 Å². The van der Waals surface area contributed by atoms with E-state index in [0.717, 1.165) is 61.9 Å². The maximum Gasteiger partial charge on any atom is 0.155 e. The molecule has 0 atom stereocenters. The Morgan fingerprint density at radius 1 is 0.514 bits per heavy atom. The van der Waals surface area contributed by atoms with E-state index in [4.69, 9.17) is 9.72 Å². The fourth-order valence-corrected chi connectivity index (χ4v) is 23.6. The zero-order valence-electron chi connectivity index (χ0n) is 41.8. The number of para-hydroxylation sites is 3. The minimum atomic E-state index is -2.91. The second-order valence-corrected chi connectivity index (χ2v) is 29.2. The van der Waals surface area contributed by atoms with Crippen LogP contribution >= 0.6 is 0 Å². The summed E-state index contributed by atoms with van der Waals surface area (Å²) in [7, 11) is -5.00. The van der Waals surface area contributed by atoms with Crippen LogP contribution in [0.15, 0.2) is 212 Å². The fourth-order valence-electron chi connectivity index (χ4n) is 12.5. The first-order chi connectivity index (χ1) is 35.6. The van der Waals surface area contributed by atoms with Crippen molar-refractivity contribution < 1.29 is 25.8 Å². The number of nitrogens with zero attached hydrogens (tertiary/aromatic N) is 4. The predicted octanol–water partition coefficient (Wildman–Crippen LogP) is 12.4. The molecule has 14 rings (SSSR count). The van der Waals surface area contributed by atoms with Crippen LogP contribution in [0.3, 0.4) is 0 Å². The first kappa shape index (κ1) is 46.3. The molecule has 0 radical (unpaired) electrons. The van der Waals surface area contributed by atoms with Gasteiger partial charge in [0.2, 0.25) is 0 Å². The van der Waals surface area contributed by atoms with E-state index in [0.29, 0.717) is 11.5 Å². The zero-order valence-corrected chi connectivity index (χ0v) is 46.1. The van der Waals surface area contributed by atoms with Gasteiger partial charge in [-0.3, -0.25) is 0 Å². The number of hydrogen-bond acceptors (Lipinski definition) is 4. The molecule has 0 unspecified atom stereocenters. The van der Waals surface area contributed by atoms with E-state index >= 15 is 0 Å². The Morgan fingerprint density at radius 3 is 1.73 bits per heavy atom. The van der Waals surface area contributed by atoms with Gasteiger partial charge < -0.3 is 19.1 Å². The smallest absolute Gasteiger partial charge is 0.155 e. The van der Waals surface area contributed by atoms with Crippen LogP contribution in [0.5, 0.6) is 11.5 Å². The van der Waals surface area contributed by atoms with E-state index in [1.807, 2.05) is 12.3 Å². The molecule has 2 aromatic heterocycles. The number of fused-ring (bicyclic) bond motifs is 7. The van der Waals surface area contributed by atoms with Crippen LogP contribution in [0.25, 0.3) is 49.9 Å². The second-order valence-electron chi connectivity index (χ2n) is 21.2. The molecule has 8 heteroatoms. The molecule has 0 amide bonds. The van der Waals surface area contributed by atoms with Crippen LogP contribution in [0.4, 0.5) is 22.7 Å². The number of benzene rings is 9. The third kappa shape index (κ3) is 6.79. The van der Waals surface area contributed by atoms with Crippen molar-refractivity contribution in [3.63, 3.8) is 0 Å². The van der Waals surface area contributed by atoms with Gasteiger partial charge in [-0.05, 0) is 73.4 Å².